The summed E-state index contributed by atoms with van der Waals surface area (Å²) in [5.74, 6) is -1.81. The van der Waals surface area contributed by atoms with E-state index in [9.17, 15) is 14.7 Å². The number of carboxylic acids is 1. The molecular weight excluding hydrogens is 393 g/mol. The van der Waals surface area contributed by atoms with Crippen molar-refractivity contribution in [1.29, 1.82) is 0 Å². The minimum Gasteiger partial charge on any atom is -0.477 e. The Morgan fingerprint density at radius 2 is 2.13 bits per heavy atom. The number of pyridine rings is 2. The maximum absolute atomic E-state index is 15.1. The van der Waals surface area contributed by atoms with Crippen LogP contribution in [0.15, 0.2) is 22.2 Å². The van der Waals surface area contributed by atoms with Gasteiger partial charge in [0.15, 0.2) is 11.6 Å². The summed E-state index contributed by atoms with van der Waals surface area (Å²) in [7, 11) is 5.34. The molecule has 0 aromatic carbocycles. The van der Waals surface area contributed by atoms with Crippen molar-refractivity contribution in [1.82, 2.24) is 14.5 Å². The van der Waals surface area contributed by atoms with Crippen LogP contribution in [-0.4, -0.2) is 71.6 Å². The molecule has 9 nitrogen and oxygen atoms in total. The van der Waals surface area contributed by atoms with Crippen LogP contribution in [0, 0.1) is 5.82 Å². The lowest BCUT2D eigenvalue weighted by Crippen LogP contribution is -2.51. The van der Waals surface area contributed by atoms with E-state index in [4.69, 9.17) is 4.84 Å². The Kier molecular flexibility index (Phi) is 5.19. The molecule has 0 radical (unpaired) electrons. The molecule has 30 heavy (non-hydrogen) atoms. The maximum Gasteiger partial charge on any atom is 0.341 e. The standard InChI is InChI=1S/C20H24FN5O4/c1-24(2)16-10-25(7-6-15(16)23-30-3)19-14(21)8-12-17(27)13(20(28)29)9-26(11-4-5-11)18(12)22-19/h8-9,11,16H,4-7,10H2,1-3H3,(H,28,29)/b23-15+. The van der Waals surface area contributed by atoms with E-state index < -0.39 is 17.2 Å². The summed E-state index contributed by atoms with van der Waals surface area (Å²) in [5, 5.41) is 13.5. The molecule has 2 fully saturated rings. The number of carboxylic acid groups (broad SMARTS) is 1. The molecule has 1 aliphatic carbocycles. The number of likely N-dealkylation sites (N-methyl/N-ethyl adjacent to an activating group) is 1. The van der Waals surface area contributed by atoms with Crippen LogP contribution in [-0.2, 0) is 4.84 Å². The second kappa shape index (κ2) is 7.67. The molecule has 160 valence electrons. The lowest BCUT2D eigenvalue weighted by Gasteiger charge is -2.37. The first-order chi connectivity index (χ1) is 14.3. The summed E-state index contributed by atoms with van der Waals surface area (Å²) in [6.07, 6.45) is 3.66. The minimum absolute atomic E-state index is 0.00847. The molecule has 0 bridgehead atoms. The molecule has 3 heterocycles. The molecule has 0 spiro atoms. The van der Waals surface area contributed by atoms with Gasteiger partial charge in [-0.3, -0.25) is 9.69 Å². The van der Waals surface area contributed by atoms with Crippen molar-refractivity contribution in [3.05, 3.63) is 33.9 Å². The van der Waals surface area contributed by atoms with Crippen LogP contribution in [0.5, 0.6) is 0 Å². The quantitative estimate of drug-likeness (QED) is 0.739. The highest BCUT2D eigenvalue weighted by Crippen LogP contribution is 2.37. The van der Waals surface area contributed by atoms with E-state index in [1.54, 1.807) is 4.57 Å². The molecule has 0 amide bonds. The first kappa shape index (κ1) is 20.3. The zero-order chi connectivity index (χ0) is 21.6. The second-order valence-electron chi connectivity index (χ2n) is 7.92. The third kappa shape index (κ3) is 3.51. The van der Waals surface area contributed by atoms with Gasteiger partial charge in [-0.25, -0.2) is 14.2 Å². The van der Waals surface area contributed by atoms with E-state index in [1.165, 1.54) is 13.3 Å². The van der Waals surface area contributed by atoms with E-state index in [2.05, 4.69) is 10.1 Å². The lowest BCUT2D eigenvalue weighted by atomic mass is 10.0. The van der Waals surface area contributed by atoms with Gasteiger partial charge in [0.2, 0.25) is 5.43 Å². The number of anilines is 1. The van der Waals surface area contributed by atoms with Crippen molar-refractivity contribution in [2.45, 2.75) is 31.3 Å². The van der Waals surface area contributed by atoms with Gasteiger partial charge in [0.25, 0.3) is 0 Å². The Morgan fingerprint density at radius 1 is 1.40 bits per heavy atom. The average molecular weight is 417 g/mol. The van der Waals surface area contributed by atoms with E-state index in [-0.39, 0.29) is 28.9 Å². The van der Waals surface area contributed by atoms with Gasteiger partial charge < -0.3 is 19.4 Å². The first-order valence-electron chi connectivity index (χ1n) is 9.81. The van der Waals surface area contributed by atoms with Crippen molar-refractivity contribution in [2.75, 3.05) is 39.2 Å². The normalized spacial score (nSPS) is 20.9. The Hall–Kier alpha value is -3.01. The third-order valence-electron chi connectivity index (χ3n) is 5.66. The molecule has 1 aliphatic heterocycles. The number of hydrogen-bond donors (Lipinski definition) is 1. The van der Waals surface area contributed by atoms with Gasteiger partial charge in [-0.15, -0.1) is 0 Å². The predicted octanol–water partition coefficient (Wildman–Crippen LogP) is 1.71. The number of carbonyl (C=O) groups is 1. The summed E-state index contributed by atoms with van der Waals surface area (Å²) in [6, 6.07) is 1.12. The monoisotopic (exact) mass is 417 g/mol. The molecule has 10 heteroatoms. The Labute approximate surface area is 172 Å². The highest BCUT2D eigenvalue weighted by Gasteiger charge is 2.32. The SMILES string of the molecule is CO/N=C1\CCN(c2nc3c(cc2F)c(=O)c(C(=O)O)cn3C2CC2)CC1N(C)C. The number of hydrogen-bond acceptors (Lipinski definition) is 7. The first-order valence-corrected chi connectivity index (χ1v) is 9.81. The fraction of sp³-hybridized carbons (Fsp3) is 0.500. The summed E-state index contributed by atoms with van der Waals surface area (Å²) in [4.78, 5) is 37.4. The maximum atomic E-state index is 15.1. The molecule has 2 aromatic rings. The van der Waals surface area contributed by atoms with E-state index in [0.29, 0.717) is 25.2 Å². The van der Waals surface area contributed by atoms with Gasteiger partial charge in [0, 0.05) is 31.7 Å². The number of aromatic carboxylic acids is 1. The number of aromatic nitrogens is 2. The largest absolute Gasteiger partial charge is 0.477 e. The lowest BCUT2D eigenvalue weighted by molar-refractivity contribution is 0.0695. The smallest absolute Gasteiger partial charge is 0.341 e. The van der Waals surface area contributed by atoms with Crippen LogP contribution < -0.4 is 10.3 Å². The topological polar surface area (TPSA) is 100 Å². The van der Waals surface area contributed by atoms with Crippen LogP contribution in [0.2, 0.25) is 0 Å². The van der Waals surface area contributed by atoms with E-state index in [1.807, 2.05) is 23.9 Å². The zero-order valence-electron chi connectivity index (χ0n) is 17.1. The molecule has 1 saturated heterocycles. The third-order valence-corrected chi connectivity index (χ3v) is 5.66. The summed E-state index contributed by atoms with van der Waals surface area (Å²) in [5.41, 5.74) is 0.115. The van der Waals surface area contributed by atoms with Crippen molar-refractivity contribution in [3.8, 4) is 0 Å². The van der Waals surface area contributed by atoms with E-state index in [0.717, 1.165) is 24.6 Å². The Bertz CT molecular complexity index is 1090. The Morgan fingerprint density at radius 3 is 2.73 bits per heavy atom. The molecule has 1 N–H and O–H groups in total. The molecule has 2 aromatic heterocycles. The highest BCUT2D eigenvalue weighted by atomic mass is 19.1. The van der Waals surface area contributed by atoms with Crippen LogP contribution in [0.1, 0.15) is 35.7 Å². The number of oxime groups is 1. The van der Waals surface area contributed by atoms with Crippen LogP contribution in [0.4, 0.5) is 10.2 Å². The minimum atomic E-state index is -1.32. The average Bonchev–Trinajstić information content (AvgIpc) is 3.53. The summed E-state index contributed by atoms with van der Waals surface area (Å²) in [6.45, 7) is 0.967. The summed E-state index contributed by atoms with van der Waals surface area (Å²) < 4.78 is 16.8. The van der Waals surface area contributed by atoms with Crippen molar-refractivity contribution in [2.24, 2.45) is 5.16 Å². The van der Waals surface area contributed by atoms with Crippen LogP contribution >= 0.6 is 0 Å². The number of nitrogens with zero attached hydrogens (tertiary/aromatic N) is 5. The van der Waals surface area contributed by atoms with E-state index >= 15 is 4.39 Å². The molecular formula is C20H24FN5O4. The number of halogens is 1. The van der Waals surface area contributed by atoms with Gasteiger partial charge in [-0.1, -0.05) is 5.16 Å². The highest BCUT2D eigenvalue weighted by molar-refractivity contribution is 5.93. The van der Waals surface area contributed by atoms with Crippen molar-refractivity contribution in [3.63, 3.8) is 0 Å². The summed E-state index contributed by atoms with van der Waals surface area (Å²) >= 11 is 0. The van der Waals surface area contributed by atoms with Gasteiger partial charge in [0.05, 0.1) is 17.1 Å². The van der Waals surface area contributed by atoms with Crippen LogP contribution in [0.25, 0.3) is 11.0 Å². The number of rotatable bonds is 5. The molecule has 1 unspecified atom stereocenters. The molecule has 1 saturated carbocycles. The van der Waals surface area contributed by atoms with Gasteiger partial charge in [-0.2, -0.15) is 0 Å². The van der Waals surface area contributed by atoms with Gasteiger partial charge in [0.1, 0.15) is 18.3 Å². The fourth-order valence-corrected chi connectivity index (χ4v) is 3.94. The fourth-order valence-electron chi connectivity index (χ4n) is 3.94. The molecule has 2 aliphatic rings. The predicted molar refractivity (Wildman–Crippen MR) is 110 cm³/mol. The zero-order valence-corrected chi connectivity index (χ0v) is 17.1. The molecule has 4 rings (SSSR count). The Balaban J connectivity index is 1.81. The van der Waals surface area contributed by atoms with Gasteiger partial charge in [-0.05, 0) is 33.0 Å². The van der Waals surface area contributed by atoms with Crippen molar-refractivity contribution < 1.29 is 19.1 Å². The number of fused-ring (bicyclic) bond motifs is 1. The second-order valence-corrected chi connectivity index (χ2v) is 7.92. The van der Waals surface area contributed by atoms with Crippen LogP contribution in [0.3, 0.4) is 0 Å². The van der Waals surface area contributed by atoms with Gasteiger partial charge >= 0.3 is 5.97 Å². The molecule has 1 atom stereocenters. The van der Waals surface area contributed by atoms with Crippen molar-refractivity contribution >= 4 is 28.5 Å². The number of piperidine rings is 1.